The van der Waals surface area contributed by atoms with Crippen molar-refractivity contribution in [2.45, 2.75) is 63.2 Å². The summed E-state index contributed by atoms with van der Waals surface area (Å²) < 4.78 is 0. The average molecular weight is 420 g/mol. The maximum absolute atomic E-state index is 12.8. The van der Waals surface area contributed by atoms with E-state index in [2.05, 4.69) is 15.3 Å². The third-order valence-electron chi connectivity index (χ3n) is 5.70. The predicted octanol–water partition coefficient (Wildman–Crippen LogP) is -1.15. The first kappa shape index (κ1) is 21.8. The molecular weight excluding hydrogens is 392 g/mol. The largest absolute Gasteiger partial charge is 0.480 e. The van der Waals surface area contributed by atoms with Gasteiger partial charge in [-0.05, 0) is 32.6 Å². The number of amides is 3. The molecule has 2 saturated heterocycles. The van der Waals surface area contributed by atoms with E-state index in [4.69, 9.17) is 5.73 Å². The maximum Gasteiger partial charge on any atom is 0.326 e. The number of hydrogen-bond donors (Lipinski definition) is 4. The quantitative estimate of drug-likeness (QED) is 0.433. The van der Waals surface area contributed by atoms with E-state index in [0.29, 0.717) is 38.8 Å². The topological polar surface area (TPSA) is 162 Å². The first-order valence-electron chi connectivity index (χ1n) is 10.2. The highest BCUT2D eigenvalue weighted by atomic mass is 16.4. The second kappa shape index (κ2) is 9.24. The van der Waals surface area contributed by atoms with E-state index >= 15 is 0 Å². The standard InChI is InChI=1S/C19H28N6O5/c1-11(17(27)25-7-3-5-15(25)19(29)30)23-16(26)14-4-2-6-24(14)18(28)13(20)8-12-9-21-10-22-12/h9-11,13-15H,2-8,20H2,1H3,(H,21,22)(H,23,26)(H,29,30). The number of aromatic nitrogens is 2. The molecule has 3 rings (SSSR count). The van der Waals surface area contributed by atoms with Crippen molar-refractivity contribution >= 4 is 23.7 Å². The summed E-state index contributed by atoms with van der Waals surface area (Å²) in [5.74, 6) is -2.23. The van der Waals surface area contributed by atoms with E-state index in [1.165, 1.54) is 23.1 Å². The van der Waals surface area contributed by atoms with Crippen molar-refractivity contribution < 1.29 is 24.3 Å². The summed E-state index contributed by atoms with van der Waals surface area (Å²) in [6.45, 7) is 2.30. The molecule has 164 valence electrons. The molecule has 4 unspecified atom stereocenters. The molecule has 2 fully saturated rings. The van der Waals surface area contributed by atoms with Crippen LogP contribution in [0.2, 0.25) is 0 Å². The van der Waals surface area contributed by atoms with Gasteiger partial charge in [0.2, 0.25) is 17.7 Å². The molecule has 2 aliphatic rings. The number of carboxylic acid groups (broad SMARTS) is 1. The monoisotopic (exact) mass is 420 g/mol. The molecule has 11 nitrogen and oxygen atoms in total. The number of aromatic amines is 1. The van der Waals surface area contributed by atoms with Crippen LogP contribution in [0.1, 0.15) is 38.3 Å². The Hall–Kier alpha value is -2.95. The Morgan fingerprint density at radius 1 is 1.20 bits per heavy atom. The highest BCUT2D eigenvalue weighted by Gasteiger charge is 2.39. The van der Waals surface area contributed by atoms with Gasteiger partial charge in [0.1, 0.15) is 18.1 Å². The van der Waals surface area contributed by atoms with Crippen LogP contribution in [0.5, 0.6) is 0 Å². The lowest BCUT2D eigenvalue weighted by Gasteiger charge is -2.29. The maximum atomic E-state index is 12.8. The van der Waals surface area contributed by atoms with Crippen LogP contribution < -0.4 is 11.1 Å². The number of nitrogens with one attached hydrogen (secondary N) is 2. The summed E-state index contributed by atoms with van der Waals surface area (Å²) >= 11 is 0. The highest BCUT2D eigenvalue weighted by Crippen LogP contribution is 2.21. The minimum Gasteiger partial charge on any atom is -0.480 e. The van der Waals surface area contributed by atoms with Crippen LogP contribution in [0.25, 0.3) is 0 Å². The minimum absolute atomic E-state index is 0.282. The number of likely N-dealkylation sites (tertiary alicyclic amines) is 2. The van der Waals surface area contributed by atoms with E-state index in [0.717, 1.165) is 5.69 Å². The van der Waals surface area contributed by atoms with E-state index in [9.17, 15) is 24.3 Å². The van der Waals surface area contributed by atoms with Gasteiger partial charge in [-0.25, -0.2) is 9.78 Å². The molecule has 3 heterocycles. The van der Waals surface area contributed by atoms with E-state index in [1.54, 1.807) is 6.20 Å². The zero-order valence-electron chi connectivity index (χ0n) is 16.9. The number of carboxylic acids is 1. The molecule has 4 atom stereocenters. The molecule has 5 N–H and O–H groups in total. The van der Waals surface area contributed by atoms with Crippen molar-refractivity contribution in [3.63, 3.8) is 0 Å². The van der Waals surface area contributed by atoms with Gasteiger partial charge >= 0.3 is 5.97 Å². The van der Waals surface area contributed by atoms with Crippen molar-refractivity contribution in [2.24, 2.45) is 5.73 Å². The van der Waals surface area contributed by atoms with Gasteiger partial charge in [-0.3, -0.25) is 14.4 Å². The summed E-state index contributed by atoms with van der Waals surface area (Å²) in [6.07, 6.45) is 5.55. The van der Waals surface area contributed by atoms with Gasteiger partial charge in [0, 0.05) is 31.4 Å². The van der Waals surface area contributed by atoms with Crippen molar-refractivity contribution in [2.75, 3.05) is 13.1 Å². The van der Waals surface area contributed by atoms with E-state index < -0.39 is 42.0 Å². The summed E-state index contributed by atoms with van der Waals surface area (Å²) in [6, 6.07) is -3.25. The number of nitrogens with zero attached hydrogens (tertiary/aromatic N) is 3. The second-order valence-corrected chi connectivity index (χ2v) is 7.84. The highest BCUT2D eigenvalue weighted by molar-refractivity contribution is 5.94. The summed E-state index contributed by atoms with van der Waals surface area (Å²) in [4.78, 5) is 59.1. The lowest BCUT2D eigenvalue weighted by Crippen LogP contribution is -2.56. The molecule has 0 aliphatic carbocycles. The van der Waals surface area contributed by atoms with E-state index in [-0.39, 0.29) is 12.3 Å². The Kier molecular flexibility index (Phi) is 6.70. The van der Waals surface area contributed by atoms with Crippen molar-refractivity contribution in [1.82, 2.24) is 25.1 Å². The van der Waals surface area contributed by atoms with Gasteiger partial charge in [0.15, 0.2) is 0 Å². The number of rotatable bonds is 7. The van der Waals surface area contributed by atoms with E-state index in [1.807, 2.05) is 0 Å². The van der Waals surface area contributed by atoms with Gasteiger partial charge in [0.05, 0.1) is 12.4 Å². The van der Waals surface area contributed by atoms with Gasteiger partial charge < -0.3 is 30.9 Å². The smallest absolute Gasteiger partial charge is 0.326 e. The first-order valence-corrected chi connectivity index (χ1v) is 10.2. The van der Waals surface area contributed by atoms with Gasteiger partial charge in [0.25, 0.3) is 0 Å². The molecule has 11 heteroatoms. The Morgan fingerprint density at radius 2 is 1.83 bits per heavy atom. The lowest BCUT2D eigenvalue weighted by molar-refractivity contribution is -0.149. The SMILES string of the molecule is CC(NC(=O)C1CCCN1C(=O)C(N)Cc1cnc[nH]1)C(=O)N1CCCC1C(=O)O. The Labute approximate surface area is 174 Å². The van der Waals surface area contributed by atoms with Crippen LogP contribution in [0.3, 0.4) is 0 Å². The number of nitrogens with two attached hydrogens (primary N) is 1. The van der Waals surface area contributed by atoms with Crippen molar-refractivity contribution in [1.29, 1.82) is 0 Å². The lowest BCUT2D eigenvalue weighted by atomic mass is 10.1. The summed E-state index contributed by atoms with van der Waals surface area (Å²) in [5, 5.41) is 11.9. The minimum atomic E-state index is -1.04. The molecular formula is C19H28N6O5. The normalized spacial score (nSPS) is 23.3. The molecule has 0 saturated carbocycles. The zero-order valence-corrected chi connectivity index (χ0v) is 16.9. The first-order chi connectivity index (χ1) is 14.3. The fourth-order valence-electron chi connectivity index (χ4n) is 4.14. The zero-order chi connectivity index (χ0) is 21.8. The van der Waals surface area contributed by atoms with Crippen LogP contribution >= 0.6 is 0 Å². The molecule has 0 bridgehead atoms. The Bertz CT molecular complexity index is 797. The Balaban J connectivity index is 1.59. The molecule has 2 aliphatic heterocycles. The third-order valence-corrected chi connectivity index (χ3v) is 5.70. The number of imidazole rings is 1. The molecule has 1 aromatic rings. The Morgan fingerprint density at radius 3 is 2.43 bits per heavy atom. The van der Waals surface area contributed by atoms with Gasteiger partial charge in [-0.1, -0.05) is 0 Å². The molecule has 0 aromatic carbocycles. The van der Waals surface area contributed by atoms with Gasteiger partial charge in [-0.2, -0.15) is 0 Å². The molecule has 0 spiro atoms. The molecule has 1 aromatic heterocycles. The van der Waals surface area contributed by atoms with Crippen LogP contribution in [0.4, 0.5) is 0 Å². The number of H-pyrrole nitrogens is 1. The number of carbonyl (C=O) groups is 4. The van der Waals surface area contributed by atoms with Crippen LogP contribution in [0, 0.1) is 0 Å². The van der Waals surface area contributed by atoms with Crippen LogP contribution in [-0.2, 0) is 25.6 Å². The molecule has 30 heavy (non-hydrogen) atoms. The van der Waals surface area contributed by atoms with Crippen LogP contribution in [-0.4, -0.2) is 85.8 Å². The van der Waals surface area contributed by atoms with Crippen LogP contribution in [0.15, 0.2) is 12.5 Å². The van der Waals surface area contributed by atoms with Crippen molar-refractivity contribution in [3.05, 3.63) is 18.2 Å². The summed E-state index contributed by atoms with van der Waals surface area (Å²) in [7, 11) is 0. The fourth-order valence-corrected chi connectivity index (χ4v) is 4.14. The number of hydrogen-bond acceptors (Lipinski definition) is 6. The predicted molar refractivity (Wildman–Crippen MR) is 105 cm³/mol. The number of aliphatic carboxylic acids is 1. The van der Waals surface area contributed by atoms with Crippen molar-refractivity contribution in [3.8, 4) is 0 Å². The second-order valence-electron chi connectivity index (χ2n) is 7.84. The molecule has 3 amide bonds. The average Bonchev–Trinajstić information content (AvgIpc) is 3.47. The summed E-state index contributed by atoms with van der Waals surface area (Å²) in [5.41, 5.74) is 6.77. The number of carbonyl (C=O) groups excluding carboxylic acids is 3. The fraction of sp³-hybridized carbons (Fsp3) is 0.632. The third kappa shape index (κ3) is 4.61. The van der Waals surface area contributed by atoms with Gasteiger partial charge in [-0.15, -0.1) is 0 Å². The molecule has 0 radical (unpaired) electrons.